The second-order valence-corrected chi connectivity index (χ2v) is 3.03. The average Bonchev–Trinajstić information content (AvgIpc) is 2.27. The molecule has 1 aromatic rings. The number of ether oxygens (including phenoxy) is 1. The Balaban J connectivity index is 3.16. The van der Waals surface area contributed by atoms with E-state index in [4.69, 9.17) is 16.2 Å². The van der Waals surface area contributed by atoms with Crippen LogP contribution in [0.4, 0.5) is 5.69 Å². The van der Waals surface area contributed by atoms with Crippen molar-refractivity contribution in [3.05, 3.63) is 33.9 Å². The molecule has 1 aromatic carbocycles. The first-order valence-corrected chi connectivity index (χ1v) is 4.38. The quantitative estimate of drug-likeness (QED) is 0.559. The van der Waals surface area contributed by atoms with E-state index in [2.05, 4.69) is 0 Å². The molecule has 1 rings (SSSR count). The summed E-state index contributed by atoms with van der Waals surface area (Å²) in [4.78, 5) is 10.2. The lowest BCUT2D eigenvalue weighted by molar-refractivity contribution is -0.385. The van der Waals surface area contributed by atoms with E-state index in [-0.39, 0.29) is 18.0 Å². The number of benzene rings is 1. The Morgan fingerprint density at radius 3 is 2.73 bits per heavy atom. The number of rotatable bonds is 4. The van der Waals surface area contributed by atoms with Gasteiger partial charge in [-0.15, -0.1) is 0 Å². The summed E-state index contributed by atoms with van der Waals surface area (Å²) in [5, 5.41) is 10.7. The molecule has 0 spiro atoms. The topological polar surface area (TPSA) is 104 Å². The molecule has 0 amide bonds. The van der Waals surface area contributed by atoms with Crippen molar-refractivity contribution >= 4 is 5.69 Å². The normalized spacial score (nSPS) is 12.2. The predicted octanol–water partition coefficient (Wildman–Crippen LogP) is 0.562. The summed E-state index contributed by atoms with van der Waals surface area (Å²) in [7, 11) is 1.38. The number of hydrogen-bond acceptors (Lipinski definition) is 5. The summed E-state index contributed by atoms with van der Waals surface area (Å²) >= 11 is 0. The molecule has 0 heterocycles. The van der Waals surface area contributed by atoms with Crippen LogP contribution in [0.15, 0.2) is 18.2 Å². The van der Waals surface area contributed by atoms with Gasteiger partial charge in [-0.25, -0.2) is 0 Å². The third kappa shape index (κ3) is 2.42. The van der Waals surface area contributed by atoms with Gasteiger partial charge in [-0.2, -0.15) is 0 Å². The Bertz CT molecular complexity index is 368. The van der Waals surface area contributed by atoms with Crippen molar-refractivity contribution in [3.8, 4) is 5.75 Å². The van der Waals surface area contributed by atoms with Crippen LogP contribution in [-0.4, -0.2) is 18.6 Å². The molecule has 1 atom stereocenters. The lowest BCUT2D eigenvalue weighted by atomic mass is 10.1. The molecule has 0 aliphatic rings. The van der Waals surface area contributed by atoms with Crippen LogP contribution in [0.3, 0.4) is 0 Å². The fourth-order valence-corrected chi connectivity index (χ4v) is 1.22. The van der Waals surface area contributed by atoms with Crippen molar-refractivity contribution in [2.45, 2.75) is 6.04 Å². The Kier molecular flexibility index (Phi) is 3.59. The van der Waals surface area contributed by atoms with Gasteiger partial charge >= 0.3 is 5.69 Å². The first-order chi connectivity index (χ1) is 7.10. The molecule has 0 saturated heterocycles. The number of methoxy groups -OCH3 is 1. The molecule has 0 unspecified atom stereocenters. The number of nitrogens with zero attached hydrogens (tertiary/aromatic N) is 1. The maximum Gasteiger partial charge on any atom is 0.311 e. The van der Waals surface area contributed by atoms with E-state index < -0.39 is 11.0 Å². The molecular weight excluding hydrogens is 198 g/mol. The predicted molar refractivity (Wildman–Crippen MR) is 55.6 cm³/mol. The molecule has 0 radical (unpaired) electrons. The summed E-state index contributed by atoms with van der Waals surface area (Å²) < 4.78 is 4.86. The van der Waals surface area contributed by atoms with Crippen molar-refractivity contribution in [2.75, 3.05) is 13.7 Å². The lowest BCUT2D eigenvalue weighted by Gasteiger charge is -2.09. The summed E-state index contributed by atoms with van der Waals surface area (Å²) in [5.41, 5.74) is 11.6. The average molecular weight is 211 g/mol. The Labute approximate surface area is 87.0 Å². The number of nitro benzene ring substituents is 1. The highest BCUT2D eigenvalue weighted by molar-refractivity contribution is 5.49. The van der Waals surface area contributed by atoms with E-state index in [9.17, 15) is 10.1 Å². The van der Waals surface area contributed by atoms with Crippen molar-refractivity contribution in [3.63, 3.8) is 0 Å². The molecule has 0 aliphatic carbocycles. The van der Waals surface area contributed by atoms with Crippen LogP contribution in [0.5, 0.6) is 5.75 Å². The van der Waals surface area contributed by atoms with Gasteiger partial charge in [0.2, 0.25) is 0 Å². The summed E-state index contributed by atoms with van der Waals surface area (Å²) in [6.45, 7) is 0.240. The van der Waals surface area contributed by atoms with Gasteiger partial charge in [-0.3, -0.25) is 10.1 Å². The monoisotopic (exact) mass is 211 g/mol. The van der Waals surface area contributed by atoms with Crippen LogP contribution < -0.4 is 16.2 Å². The van der Waals surface area contributed by atoms with Gasteiger partial charge in [0, 0.05) is 18.7 Å². The van der Waals surface area contributed by atoms with Crippen molar-refractivity contribution in [2.24, 2.45) is 11.5 Å². The minimum Gasteiger partial charge on any atom is -0.490 e. The van der Waals surface area contributed by atoms with Gasteiger partial charge in [0.1, 0.15) is 0 Å². The lowest BCUT2D eigenvalue weighted by Crippen LogP contribution is -2.20. The largest absolute Gasteiger partial charge is 0.490 e. The highest BCUT2D eigenvalue weighted by atomic mass is 16.6. The number of nitrogens with two attached hydrogens (primary N) is 2. The minimum absolute atomic E-state index is 0.0982. The Morgan fingerprint density at radius 2 is 2.27 bits per heavy atom. The smallest absolute Gasteiger partial charge is 0.311 e. The maximum absolute atomic E-state index is 10.7. The molecule has 6 heteroatoms. The van der Waals surface area contributed by atoms with Gasteiger partial charge < -0.3 is 16.2 Å². The fourth-order valence-electron chi connectivity index (χ4n) is 1.22. The van der Waals surface area contributed by atoms with Crippen LogP contribution >= 0.6 is 0 Å². The molecule has 82 valence electrons. The molecule has 0 bridgehead atoms. The van der Waals surface area contributed by atoms with Crippen LogP contribution in [0, 0.1) is 10.1 Å². The Hall–Kier alpha value is -1.66. The number of hydrogen-bond donors (Lipinski definition) is 2. The second-order valence-electron chi connectivity index (χ2n) is 3.03. The van der Waals surface area contributed by atoms with Crippen LogP contribution in [0.25, 0.3) is 0 Å². The van der Waals surface area contributed by atoms with Gasteiger partial charge in [0.25, 0.3) is 0 Å². The summed E-state index contributed by atoms with van der Waals surface area (Å²) in [5.74, 6) is 0.216. The van der Waals surface area contributed by atoms with E-state index in [0.717, 1.165) is 0 Å². The van der Waals surface area contributed by atoms with Crippen LogP contribution in [-0.2, 0) is 0 Å². The van der Waals surface area contributed by atoms with E-state index in [1.165, 1.54) is 19.2 Å². The summed E-state index contributed by atoms with van der Waals surface area (Å²) in [6.07, 6.45) is 0. The molecular formula is C9H13N3O3. The molecule has 6 nitrogen and oxygen atoms in total. The third-order valence-electron chi connectivity index (χ3n) is 2.08. The molecule has 4 N–H and O–H groups in total. The molecule has 0 fully saturated rings. The third-order valence-corrected chi connectivity index (χ3v) is 2.08. The SMILES string of the molecule is COc1ccc([C@@H](N)CN)cc1[N+](=O)[O-]. The van der Waals surface area contributed by atoms with Gasteiger partial charge in [0.05, 0.1) is 12.0 Å². The first kappa shape index (κ1) is 11.4. The zero-order chi connectivity index (χ0) is 11.4. The van der Waals surface area contributed by atoms with E-state index in [1.54, 1.807) is 6.07 Å². The molecule has 0 aliphatic heterocycles. The van der Waals surface area contributed by atoms with Gasteiger partial charge in [-0.05, 0) is 11.6 Å². The Morgan fingerprint density at radius 1 is 1.60 bits per heavy atom. The fraction of sp³-hybridized carbons (Fsp3) is 0.333. The van der Waals surface area contributed by atoms with E-state index in [0.29, 0.717) is 5.56 Å². The van der Waals surface area contributed by atoms with E-state index >= 15 is 0 Å². The first-order valence-electron chi connectivity index (χ1n) is 4.38. The van der Waals surface area contributed by atoms with Crippen LogP contribution in [0.1, 0.15) is 11.6 Å². The van der Waals surface area contributed by atoms with Crippen molar-refractivity contribution in [1.82, 2.24) is 0 Å². The van der Waals surface area contributed by atoms with Crippen molar-refractivity contribution < 1.29 is 9.66 Å². The zero-order valence-corrected chi connectivity index (χ0v) is 8.34. The minimum atomic E-state index is -0.508. The van der Waals surface area contributed by atoms with Gasteiger partial charge in [0.15, 0.2) is 5.75 Å². The standard InChI is InChI=1S/C9H13N3O3/c1-15-9-3-2-6(7(11)5-10)4-8(9)12(13)14/h2-4,7H,5,10-11H2,1H3/t7-/m0/s1. The van der Waals surface area contributed by atoms with Crippen LogP contribution in [0.2, 0.25) is 0 Å². The highest BCUT2D eigenvalue weighted by Crippen LogP contribution is 2.28. The maximum atomic E-state index is 10.7. The molecule has 0 saturated carbocycles. The zero-order valence-electron chi connectivity index (χ0n) is 8.34. The second kappa shape index (κ2) is 4.72. The highest BCUT2D eigenvalue weighted by Gasteiger charge is 2.16. The number of nitro groups is 1. The molecule has 0 aromatic heterocycles. The molecule has 15 heavy (non-hydrogen) atoms. The van der Waals surface area contributed by atoms with Crippen molar-refractivity contribution in [1.29, 1.82) is 0 Å². The summed E-state index contributed by atoms with van der Waals surface area (Å²) in [6, 6.07) is 4.18. The van der Waals surface area contributed by atoms with E-state index in [1.807, 2.05) is 0 Å². The van der Waals surface area contributed by atoms with Gasteiger partial charge in [-0.1, -0.05) is 6.07 Å².